The van der Waals surface area contributed by atoms with Crippen molar-refractivity contribution in [1.82, 2.24) is 0 Å². The molecule has 0 saturated carbocycles. The molecule has 2 aromatic carbocycles. The molecule has 2 heteroatoms. The standard InChI is InChI=1S/C17H17NO/c1-2-3-14-18(16-12-8-5-9-13-16)17(19)15-10-6-4-7-11-15/h2-13H,14H2,1H3/b3-2+. The van der Waals surface area contributed by atoms with E-state index in [4.69, 9.17) is 0 Å². The minimum absolute atomic E-state index is 0.0184. The highest BCUT2D eigenvalue weighted by Crippen LogP contribution is 2.16. The van der Waals surface area contributed by atoms with Gasteiger partial charge < -0.3 is 4.90 Å². The molecule has 2 aromatic rings. The SMILES string of the molecule is C/C=C/CN(C(=O)c1ccccc1)c1ccccc1. The predicted octanol–water partition coefficient (Wildman–Crippen LogP) is 3.91. The third kappa shape index (κ3) is 3.32. The summed E-state index contributed by atoms with van der Waals surface area (Å²) in [7, 11) is 0. The number of benzene rings is 2. The number of amides is 1. The van der Waals surface area contributed by atoms with Crippen LogP contribution in [0.3, 0.4) is 0 Å². The topological polar surface area (TPSA) is 20.3 Å². The Labute approximate surface area is 114 Å². The predicted molar refractivity (Wildman–Crippen MR) is 79.4 cm³/mol. The van der Waals surface area contributed by atoms with Gasteiger partial charge >= 0.3 is 0 Å². The zero-order valence-electron chi connectivity index (χ0n) is 11.0. The normalized spacial score (nSPS) is 10.6. The van der Waals surface area contributed by atoms with E-state index in [2.05, 4.69) is 0 Å². The van der Waals surface area contributed by atoms with E-state index < -0.39 is 0 Å². The molecule has 2 rings (SSSR count). The van der Waals surface area contributed by atoms with Crippen LogP contribution in [0.4, 0.5) is 5.69 Å². The summed E-state index contributed by atoms with van der Waals surface area (Å²) < 4.78 is 0. The van der Waals surface area contributed by atoms with Gasteiger partial charge in [0.05, 0.1) is 0 Å². The Morgan fingerprint density at radius 3 is 2.16 bits per heavy atom. The number of anilines is 1. The van der Waals surface area contributed by atoms with Crippen molar-refractivity contribution in [3.63, 3.8) is 0 Å². The van der Waals surface area contributed by atoms with Crippen LogP contribution in [0.5, 0.6) is 0 Å². The Kier molecular flexibility index (Phi) is 4.51. The highest BCUT2D eigenvalue weighted by atomic mass is 16.2. The van der Waals surface area contributed by atoms with Gasteiger partial charge in [-0.1, -0.05) is 48.6 Å². The van der Waals surface area contributed by atoms with E-state index in [-0.39, 0.29) is 5.91 Å². The molecule has 2 nitrogen and oxygen atoms in total. The molecule has 0 unspecified atom stereocenters. The number of carbonyl (C=O) groups excluding carboxylic acids is 1. The number of allylic oxidation sites excluding steroid dienone is 1. The smallest absolute Gasteiger partial charge is 0.258 e. The lowest BCUT2D eigenvalue weighted by Crippen LogP contribution is -2.31. The molecular weight excluding hydrogens is 234 g/mol. The van der Waals surface area contributed by atoms with Crippen LogP contribution < -0.4 is 4.90 Å². The fraction of sp³-hybridized carbons (Fsp3) is 0.118. The summed E-state index contributed by atoms with van der Waals surface area (Å²) >= 11 is 0. The van der Waals surface area contributed by atoms with E-state index in [1.165, 1.54) is 0 Å². The number of nitrogens with zero attached hydrogens (tertiary/aromatic N) is 1. The fourth-order valence-corrected chi connectivity index (χ4v) is 1.86. The highest BCUT2D eigenvalue weighted by Gasteiger charge is 2.15. The number of rotatable bonds is 4. The Morgan fingerprint density at radius 2 is 1.58 bits per heavy atom. The summed E-state index contributed by atoms with van der Waals surface area (Å²) in [5.41, 5.74) is 1.62. The lowest BCUT2D eigenvalue weighted by molar-refractivity contribution is 0.0989. The van der Waals surface area contributed by atoms with E-state index in [0.29, 0.717) is 12.1 Å². The molecule has 0 radical (unpaired) electrons. The molecule has 1 amide bonds. The van der Waals surface area contributed by atoms with Crippen molar-refractivity contribution in [1.29, 1.82) is 0 Å². The zero-order valence-corrected chi connectivity index (χ0v) is 11.0. The van der Waals surface area contributed by atoms with Crippen molar-refractivity contribution >= 4 is 11.6 Å². The monoisotopic (exact) mass is 251 g/mol. The molecule has 0 spiro atoms. The van der Waals surface area contributed by atoms with Gasteiger partial charge in [-0.15, -0.1) is 0 Å². The van der Waals surface area contributed by atoms with Gasteiger partial charge in [-0.25, -0.2) is 0 Å². The molecule has 0 aromatic heterocycles. The molecule has 0 saturated heterocycles. The second-order valence-electron chi connectivity index (χ2n) is 4.19. The maximum Gasteiger partial charge on any atom is 0.258 e. The Morgan fingerprint density at radius 1 is 1.00 bits per heavy atom. The maximum absolute atomic E-state index is 12.5. The molecule has 0 fully saturated rings. The maximum atomic E-state index is 12.5. The first kappa shape index (κ1) is 13.1. The second-order valence-corrected chi connectivity index (χ2v) is 4.19. The van der Waals surface area contributed by atoms with Crippen LogP contribution in [0.15, 0.2) is 72.8 Å². The first-order valence-corrected chi connectivity index (χ1v) is 6.36. The first-order valence-electron chi connectivity index (χ1n) is 6.36. The lowest BCUT2D eigenvalue weighted by Gasteiger charge is -2.21. The molecule has 0 N–H and O–H groups in total. The average Bonchev–Trinajstić information content (AvgIpc) is 2.49. The van der Waals surface area contributed by atoms with E-state index in [1.807, 2.05) is 79.7 Å². The van der Waals surface area contributed by atoms with E-state index in [1.54, 1.807) is 4.90 Å². The van der Waals surface area contributed by atoms with Crippen LogP contribution in [0, 0.1) is 0 Å². The van der Waals surface area contributed by atoms with Crippen molar-refractivity contribution in [2.45, 2.75) is 6.92 Å². The number of hydrogen-bond donors (Lipinski definition) is 0. The van der Waals surface area contributed by atoms with Crippen molar-refractivity contribution in [3.8, 4) is 0 Å². The first-order chi connectivity index (χ1) is 9.33. The number of hydrogen-bond acceptors (Lipinski definition) is 1. The summed E-state index contributed by atoms with van der Waals surface area (Å²) in [4.78, 5) is 14.3. The minimum atomic E-state index is 0.0184. The van der Waals surface area contributed by atoms with Gasteiger partial charge in [0, 0.05) is 17.8 Å². The van der Waals surface area contributed by atoms with Gasteiger partial charge in [-0.05, 0) is 31.2 Å². The van der Waals surface area contributed by atoms with Gasteiger partial charge in [-0.3, -0.25) is 4.79 Å². The van der Waals surface area contributed by atoms with Crippen LogP contribution in [0.25, 0.3) is 0 Å². The van der Waals surface area contributed by atoms with Gasteiger partial charge in [0.25, 0.3) is 5.91 Å². The van der Waals surface area contributed by atoms with Crippen LogP contribution >= 0.6 is 0 Å². The quantitative estimate of drug-likeness (QED) is 0.754. The summed E-state index contributed by atoms with van der Waals surface area (Å²) in [6.07, 6.45) is 3.93. The summed E-state index contributed by atoms with van der Waals surface area (Å²) in [5.74, 6) is 0.0184. The van der Waals surface area contributed by atoms with Gasteiger partial charge in [0.15, 0.2) is 0 Å². The summed E-state index contributed by atoms with van der Waals surface area (Å²) in [5, 5.41) is 0. The molecular formula is C17H17NO. The van der Waals surface area contributed by atoms with Crippen molar-refractivity contribution in [2.75, 3.05) is 11.4 Å². The number of para-hydroxylation sites is 1. The van der Waals surface area contributed by atoms with Crippen molar-refractivity contribution in [2.24, 2.45) is 0 Å². The van der Waals surface area contributed by atoms with Crippen molar-refractivity contribution < 1.29 is 4.79 Å². The molecule has 0 bridgehead atoms. The third-order valence-corrected chi connectivity index (χ3v) is 2.86. The number of carbonyl (C=O) groups is 1. The van der Waals surface area contributed by atoms with E-state index >= 15 is 0 Å². The average molecular weight is 251 g/mol. The summed E-state index contributed by atoms with van der Waals surface area (Å²) in [6, 6.07) is 19.1. The molecule has 0 heterocycles. The van der Waals surface area contributed by atoms with E-state index in [9.17, 15) is 4.79 Å². The van der Waals surface area contributed by atoms with Crippen molar-refractivity contribution in [3.05, 3.63) is 78.4 Å². The highest BCUT2D eigenvalue weighted by molar-refractivity contribution is 6.06. The zero-order chi connectivity index (χ0) is 13.5. The largest absolute Gasteiger partial charge is 0.305 e. The van der Waals surface area contributed by atoms with E-state index in [0.717, 1.165) is 5.69 Å². The lowest BCUT2D eigenvalue weighted by atomic mass is 10.2. The Balaban J connectivity index is 2.31. The molecule has 0 aliphatic heterocycles. The van der Waals surface area contributed by atoms with Gasteiger partial charge in [-0.2, -0.15) is 0 Å². The van der Waals surface area contributed by atoms with Crippen LogP contribution in [-0.4, -0.2) is 12.5 Å². The minimum Gasteiger partial charge on any atom is -0.305 e. The molecule has 0 aliphatic rings. The molecule has 0 atom stereocenters. The Bertz CT molecular complexity index is 546. The second kappa shape index (κ2) is 6.55. The van der Waals surface area contributed by atoms with Gasteiger partial charge in [0.1, 0.15) is 0 Å². The molecule has 0 aliphatic carbocycles. The third-order valence-electron chi connectivity index (χ3n) is 2.86. The van der Waals surface area contributed by atoms with Crippen LogP contribution in [0.1, 0.15) is 17.3 Å². The Hall–Kier alpha value is -2.35. The molecule has 19 heavy (non-hydrogen) atoms. The fourth-order valence-electron chi connectivity index (χ4n) is 1.86. The summed E-state index contributed by atoms with van der Waals surface area (Å²) in [6.45, 7) is 2.53. The van der Waals surface area contributed by atoms with Crippen LogP contribution in [0.2, 0.25) is 0 Å². The molecule has 96 valence electrons. The van der Waals surface area contributed by atoms with Gasteiger partial charge in [0.2, 0.25) is 0 Å². The van der Waals surface area contributed by atoms with Crippen LogP contribution in [-0.2, 0) is 0 Å².